The summed E-state index contributed by atoms with van der Waals surface area (Å²) in [6.07, 6.45) is 1.62. The van der Waals surface area contributed by atoms with Gasteiger partial charge in [0.05, 0.1) is 24.4 Å². The fraction of sp³-hybridized carbons (Fsp3) is 0.231. The minimum absolute atomic E-state index is 0.568. The quantitative estimate of drug-likeness (QED) is 0.923. The van der Waals surface area contributed by atoms with E-state index < -0.39 is 0 Å². The lowest BCUT2D eigenvalue weighted by atomic mass is 10.1. The van der Waals surface area contributed by atoms with Crippen LogP contribution >= 0.6 is 11.6 Å². The lowest BCUT2D eigenvalue weighted by Gasteiger charge is -2.10. The van der Waals surface area contributed by atoms with Gasteiger partial charge in [0.1, 0.15) is 11.0 Å². The van der Waals surface area contributed by atoms with Gasteiger partial charge in [0.2, 0.25) is 0 Å². The molecule has 0 radical (unpaired) electrons. The van der Waals surface area contributed by atoms with Crippen molar-refractivity contribution in [2.75, 3.05) is 5.32 Å². The smallest absolute Gasteiger partial charge is 0.128 e. The monoisotopic (exact) mass is 260 g/mol. The Morgan fingerprint density at radius 2 is 2.28 bits per heavy atom. The number of hydrogen-bond acceptors (Lipinski definition) is 3. The molecule has 0 amide bonds. The summed E-state index contributed by atoms with van der Waals surface area (Å²) in [6.45, 7) is 2.56. The molecule has 0 aliphatic carbocycles. The second-order valence-electron chi connectivity index (χ2n) is 4.05. The van der Waals surface area contributed by atoms with Crippen LogP contribution in [0.5, 0.6) is 0 Å². The van der Waals surface area contributed by atoms with Gasteiger partial charge in [-0.25, -0.2) is 4.98 Å². The van der Waals surface area contributed by atoms with Crippen LogP contribution in [-0.4, -0.2) is 9.55 Å². The number of nitrogens with zero attached hydrogens (tertiary/aromatic N) is 3. The first kappa shape index (κ1) is 12.5. The molecule has 1 heterocycles. The number of anilines is 1. The molecule has 5 heteroatoms. The molecule has 0 bridgehead atoms. The summed E-state index contributed by atoms with van der Waals surface area (Å²) in [7, 11) is 1.87. The zero-order valence-corrected chi connectivity index (χ0v) is 11.0. The van der Waals surface area contributed by atoms with E-state index in [4.69, 9.17) is 16.9 Å². The molecule has 0 spiro atoms. The van der Waals surface area contributed by atoms with E-state index in [1.54, 1.807) is 12.3 Å². The molecule has 1 aromatic carbocycles. The summed E-state index contributed by atoms with van der Waals surface area (Å²) in [5, 5.41) is 12.7. The Morgan fingerprint density at radius 3 is 2.89 bits per heavy atom. The minimum atomic E-state index is 0.568. The van der Waals surface area contributed by atoms with Gasteiger partial charge in [0, 0.05) is 12.7 Å². The largest absolute Gasteiger partial charge is 0.378 e. The average Bonchev–Trinajstić information content (AvgIpc) is 2.69. The van der Waals surface area contributed by atoms with Crippen molar-refractivity contribution >= 4 is 17.3 Å². The Kier molecular flexibility index (Phi) is 3.54. The van der Waals surface area contributed by atoms with Crippen LogP contribution < -0.4 is 5.32 Å². The van der Waals surface area contributed by atoms with E-state index >= 15 is 0 Å². The van der Waals surface area contributed by atoms with E-state index in [1.165, 1.54) is 0 Å². The number of hydrogen-bond donors (Lipinski definition) is 1. The zero-order valence-electron chi connectivity index (χ0n) is 10.2. The predicted molar refractivity (Wildman–Crippen MR) is 71.4 cm³/mol. The maximum atomic E-state index is 8.87. The van der Waals surface area contributed by atoms with Gasteiger partial charge in [0.15, 0.2) is 0 Å². The Morgan fingerprint density at radius 1 is 1.50 bits per heavy atom. The molecule has 2 rings (SSSR count). The van der Waals surface area contributed by atoms with E-state index in [2.05, 4.69) is 16.4 Å². The van der Waals surface area contributed by atoms with Crippen molar-refractivity contribution in [1.82, 2.24) is 9.55 Å². The second kappa shape index (κ2) is 5.11. The highest BCUT2D eigenvalue weighted by atomic mass is 35.5. The second-order valence-corrected chi connectivity index (χ2v) is 4.44. The Bertz CT molecular complexity index is 610. The highest BCUT2D eigenvalue weighted by Gasteiger charge is 2.05. The van der Waals surface area contributed by atoms with Crippen molar-refractivity contribution in [1.29, 1.82) is 5.26 Å². The molecular formula is C13H13ClN4. The Hall–Kier alpha value is -1.99. The number of halogens is 1. The molecule has 18 heavy (non-hydrogen) atoms. The summed E-state index contributed by atoms with van der Waals surface area (Å²) in [5.74, 6) is 0.849. The first-order chi connectivity index (χ1) is 8.61. The third-order valence-corrected chi connectivity index (χ3v) is 3.18. The molecular weight excluding hydrogens is 248 g/mol. The fourth-order valence-corrected chi connectivity index (χ4v) is 1.79. The SMILES string of the molecule is Cc1ccc(C#N)cc1NCc1ncc(Cl)n1C. The maximum Gasteiger partial charge on any atom is 0.128 e. The Balaban J connectivity index is 2.15. The van der Waals surface area contributed by atoms with Gasteiger partial charge in [-0.05, 0) is 24.6 Å². The van der Waals surface area contributed by atoms with E-state index in [-0.39, 0.29) is 0 Å². The van der Waals surface area contributed by atoms with Gasteiger partial charge in [-0.1, -0.05) is 17.7 Å². The normalized spacial score (nSPS) is 10.1. The van der Waals surface area contributed by atoms with Gasteiger partial charge in [-0.2, -0.15) is 5.26 Å². The van der Waals surface area contributed by atoms with E-state index in [9.17, 15) is 0 Å². The standard InChI is InChI=1S/C13H13ClN4/c1-9-3-4-10(6-15)5-11(9)16-8-13-17-7-12(14)18(13)2/h3-5,7,16H,8H2,1-2H3. The van der Waals surface area contributed by atoms with Crippen molar-refractivity contribution in [3.8, 4) is 6.07 Å². The van der Waals surface area contributed by atoms with Crippen molar-refractivity contribution in [3.63, 3.8) is 0 Å². The summed E-state index contributed by atoms with van der Waals surface area (Å²) in [4.78, 5) is 4.21. The van der Waals surface area contributed by atoms with Gasteiger partial charge in [-0.15, -0.1) is 0 Å². The number of aromatic nitrogens is 2. The predicted octanol–water partition coefficient (Wildman–Crippen LogP) is 2.87. The number of aryl methyl sites for hydroxylation is 1. The summed E-state index contributed by atoms with van der Waals surface area (Å²) in [5.41, 5.74) is 2.67. The van der Waals surface area contributed by atoms with Crippen LogP contribution in [-0.2, 0) is 13.6 Å². The highest BCUT2D eigenvalue weighted by molar-refractivity contribution is 6.29. The molecule has 0 saturated carbocycles. The van der Waals surface area contributed by atoms with Crippen molar-refractivity contribution in [3.05, 3.63) is 46.5 Å². The van der Waals surface area contributed by atoms with Crippen LogP contribution in [0.2, 0.25) is 5.15 Å². The summed E-state index contributed by atoms with van der Waals surface area (Å²) < 4.78 is 1.82. The number of benzene rings is 1. The first-order valence-corrected chi connectivity index (χ1v) is 5.90. The molecule has 0 saturated heterocycles. The molecule has 0 unspecified atom stereocenters. The fourth-order valence-electron chi connectivity index (χ4n) is 1.64. The molecule has 0 aliphatic rings. The van der Waals surface area contributed by atoms with Gasteiger partial charge in [-0.3, -0.25) is 0 Å². The van der Waals surface area contributed by atoms with E-state index in [0.29, 0.717) is 17.3 Å². The van der Waals surface area contributed by atoms with Crippen molar-refractivity contribution < 1.29 is 0 Å². The maximum absolute atomic E-state index is 8.87. The highest BCUT2D eigenvalue weighted by Crippen LogP contribution is 2.18. The topological polar surface area (TPSA) is 53.6 Å². The van der Waals surface area contributed by atoms with Gasteiger partial charge < -0.3 is 9.88 Å². The number of rotatable bonds is 3. The molecule has 2 aromatic rings. The van der Waals surface area contributed by atoms with Crippen LogP contribution in [0.1, 0.15) is 17.0 Å². The number of nitrogens with one attached hydrogen (secondary N) is 1. The van der Waals surface area contributed by atoms with Crippen LogP contribution in [0.4, 0.5) is 5.69 Å². The first-order valence-electron chi connectivity index (χ1n) is 5.52. The Labute approximate surface area is 111 Å². The molecule has 0 fully saturated rings. The molecule has 4 nitrogen and oxygen atoms in total. The van der Waals surface area contributed by atoms with Crippen LogP contribution in [0.3, 0.4) is 0 Å². The summed E-state index contributed by atoms with van der Waals surface area (Å²) in [6, 6.07) is 7.69. The zero-order chi connectivity index (χ0) is 13.1. The van der Waals surface area contributed by atoms with Crippen LogP contribution in [0, 0.1) is 18.3 Å². The minimum Gasteiger partial charge on any atom is -0.378 e. The molecule has 0 atom stereocenters. The third kappa shape index (κ3) is 2.47. The van der Waals surface area contributed by atoms with E-state index in [1.807, 2.05) is 30.7 Å². The molecule has 92 valence electrons. The van der Waals surface area contributed by atoms with Crippen molar-refractivity contribution in [2.24, 2.45) is 7.05 Å². The van der Waals surface area contributed by atoms with Crippen molar-refractivity contribution in [2.45, 2.75) is 13.5 Å². The molecule has 1 N–H and O–H groups in total. The lowest BCUT2D eigenvalue weighted by molar-refractivity contribution is 0.813. The van der Waals surface area contributed by atoms with Gasteiger partial charge >= 0.3 is 0 Å². The number of nitriles is 1. The van der Waals surface area contributed by atoms with Crippen LogP contribution in [0.25, 0.3) is 0 Å². The van der Waals surface area contributed by atoms with Gasteiger partial charge in [0.25, 0.3) is 0 Å². The summed E-state index contributed by atoms with van der Waals surface area (Å²) >= 11 is 5.92. The van der Waals surface area contributed by atoms with Crippen LogP contribution in [0.15, 0.2) is 24.4 Å². The lowest BCUT2D eigenvalue weighted by Crippen LogP contribution is -2.07. The molecule has 1 aromatic heterocycles. The number of imidazole rings is 1. The third-order valence-electron chi connectivity index (χ3n) is 2.83. The molecule has 0 aliphatic heterocycles. The average molecular weight is 261 g/mol. The van der Waals surface area contributed by atoms with E-state index in [0.717, 1.165) is 17.1 Å².